The second-order valence-electron chi connectivity index (χ2n) is 12.5. The number of imidazole rings is 1. The molecule has 3 aromatic carbocycles. The van der Waals surface area contributed by atoms with Gasteiger partial charge in [0.15, 0.2) is 0 Å². The number of hydrogen-bond donors (Lipinski definition) is 1. The standard InChI is InChI=1S/C36H43N3O5/c1-5-6-16-33-38-30-22-21-28(42-34(40)37-27-12-8-7-9-13-27)23-31(30)39(33)24-25-17-19-26(20-18-25)29-14-10-11-15-32(29)43-35(41)44-36(2,3)4/h10-11,14-15,17-23,27H,5-9,12-13,16,24H2,1-4H3,(H,37,40). The number of para-hydroxylation sites is 1. The summed E-state index contributed by atoms with van der Waals surface area (Å²) in [7, 11) is 0. The number of hydrogen-bond acceptors (Lipinski definition) is 6. The van der Waals surface area contributed by atoms with Gasteiger partial charge in [-0.2, -0.15) is 0 Å². The summed E-state index contributed by atoms with van der Waals surface area (Å²) < 4.78 is 18.8. The second-order valence-corrected chi connectivity index (χ2v) is 12.5. The lowest BCUT2D eigenvalue weighted by Gasteiger charge is -2.22. The number of fused-ring (bicyclic) bond motifs is 1. The third-order valence-electron chi connectivity index (χ3n) is 7.77. The molecule has 232 valence electrons. The quantitative estimate of drug-likeness (QED) is 0.153. The third-order valence-corrected chi connectivity index (χ3v) is 7.77. The Morgan fingerprint density at radius 2 is 1.70 bits per heavy atom. The normalized spacial score (nSPS) is 13.9. The first kappa shape index (κ1) is 31.1. The Morgan fingerprint density at radius 1 is 0.955 bits per heavy atom. The van der Waals surface area contributed by atoms with Gasteiger partial charge in [-0.05, 0) is 69.4 Å². The topological polar surface area (TPSA) is 91.7 Å². The van der Waals surface area contributed by atoms with Crippen molar-refractivity contribution < 1.29 is 23.8 Å². The van der Waals surface area contributed by atoms with Gasteiger partial charge in [-0.1, -0.05) is 75.1 Å². The molecule has 0 unspecified atom stereocenters. The fraction of sp³-hybridized carbons (Fsp3) is 0.417. The summed E-state index contributed by atoms with van der Waals surface area (Å²) in [4.78, 5) is 29.9. The van der Waals surface area contributed by atoms with Gasteiger partial charge in [0.25, 0.3) is 0 Å². The smallest absolute Gasteiger partial charge is 0.428 e. The van der Waals surface area contributed by atoms with Crippen LogP contribution in [0.3, 0.4) is 0 Å². The highest BCUT2D eigenvalue weighted by molar-refractivity contribution is 5.80. The van der Waals surface area contributed by atoms with Crippen LogP contribution in [0.2, 0.25) is 0 Å². The first-order chi connectivity index (χ1) is 21.2. The number of carbonyl (C=O) groups is 2. The van der Waals surface area contributed by atoms with Gasteiger partial charge in [-0.25, -0.2) is 14.6 Å². The number of carbonyl (C=O) groups excluding carboxylic acids is 2. The molecule has 0 saturated heterocycles. The maximum atomic E-state index is 12.6. The number of benzene rings is 3. The predicted molar refractivity (Wildman–Crippen MR) is 172 cm³/mol. The average Bonchev–Trinajstić information content (AvgIpc) is 3.32. The predicted octanol–water partition coefficient (Wildman–Crippen LogP) is 8.83. The van der Waals surface area contributed by atoms with E-state index in [1.807, 2.05) is 48.5 Å². The van der Waals surface area contributed by atoms with Crippen molar-refractivity contribution in [1.29, 1.82) is 0 Å². The van der Waals surface area contributed by atoms with Gasteiger partial charge in [0.2, 0.25) is 0 Å². The molecule has 1 N–H and O–H groups in total. The number of nitrogens with one attached hydrogen (secondary N) is 1. The van der Waals surface area contributed by atoms with Crippen LogP contribution < -0.4 is 14.8 Å². The largest absolute Gasteiger partial charge is 0.514 e. The fourth-order valence-electron chi connectivity index (χ4n) is 5.60. The Kier molecular flexibility index (Phi) is 9.88. The minimum absolute atomic E-state index is 0.185. The number of rotatable bonds is 9. The number of nitrogens with zero attached hydrogens (tertiary/aromatic N) is 2. The van der Waals surface area contributed by atoms with Crippen LogP contribution in [0.4, 0.5) is 9.59 Å². The SMILES string of the molecule is CCCCc1nc2ccc(OC(=O)NC3CCCCC3)cc2n1Cc1ccc(-c2ccccc2OC(=O)OC(C)(C)C)cc1. The highest BCUT2D eigenvalue weighted by Gasteiger charge is 2.20. The van der Waals surface area contributed by atoms with Gasteiger partial charge in [0, 0.05) is 30.6 Å². The highest BCUT2D eigenvalue weighted by atomic mass is 16.7. The van der Waals surface area contributed by atoms with Crippen LogP contribution in [0.5, 0.6) is 11.5 Å². The summed E-state index contributed by atoms with van der Waals surface area (Å²) in [5.74, 6) is 1.95. The van der Waals surface area contributed by atoms with E-state index in [2.05, 4.69) is 28.9 Å². The number of amides is 1. The van der Waals surface area contributed by atoms with Crippen molar-refractivity contribution in [3.63, 3.8) is 0 Å². The Labute approximate surface area is 259 Å². The molecule has 1 fully saturated rings. The maximum Gasteiger partial charge on any atom is 0.514 e. The average molecular weight is 598 g/mol. The molecular weight excluding hydrogens is 554 g/mol. The molecule has 5 rings (SSSR count). The molecule has 0 spiro atoms. The summed E-state index contributed by atoms with van der Waals surface area (Å²) in [6.07, 6.45) is 7.34. The Hall–Kier alpha value is -4.33. The van der Waals surface area contributed by atoms with Crippen LogP contribution in [0.25, 0.3) is 22.2 Å². The summed E-state index contributed by atoms with van der Waals surface area (Å²) in [5.41, 5.74) is 3.98. The molecule has 0 atom stereocenters. The molecule has 1 saturated carbocycles. The molecule has 0 aliphatic heterocycles. The lowest BCUT2D eigenvalue weighted by Crippen LogP contribution is -2.37. The molecule has 1 aliphatic carbocycles. The van der Waals surface area contributed by atoms with Gasteiger partial charge in [-0.3, -0.25) is 0 Å². The summed E-state index contributed by atoms with van der Waals surface area (Å²) in [6.45, 7) is 8.20. The van der Waals surface area contributed by atoms with E-state index in [0.29, 0.717) is 18.0 Å². The molecular formula is C36H43N3O5. The van der Waals surface area contributed by atoms with Gasteiger partial charge in [0.05, 0.1) is 11.0 Å². The molecule has 44 heavy (non-hydrogen) atoms. The number of unbranched alkanes of at least 4 members (excludes halogenated alkanes) is 1. The van der Waals surface area contributed by atoms with Crippen LogP contribution in [0.1, 0.15) is 84.0 Å². The highest BCUT2D eigenvalue weighted by Crippen LogP contribution is 2.31. The Morgan fingerprint density at radius 3 is 2.43 bits per heavy atom. The molecule has 1 amide bonds. The van der Waals surface area contributed by atoms with E-state index in [1.165, 1.54) is 6.42 Å². The molecule has 1 aromatic heterocycles. The molecule has 4 aromatic rings. The van der Waals surface area contributed by atoms with Crippen LogP contribution >= 0.6 is 0 Å². The van der Waals surface area contributed by atoms with Crippen molar-refractivity contribution in [2.45, 2.75) is 97.2 Å². The Balaban J connectivity index is 1.35. The first-order valence-electron chi connectivity index (χ1n) is 15.7. The van der Waals surface area contributed by atoms with Crippen molar-refractivity contribution in [1.82, 2.24) is 14.9 Å². The van der Waals surface area contributed by atoms with Crippen molar-refractivity contribution in [3.8, 4) is 22.6 Å². The van der Waals surface area contributed by atoms with E-state index >= 15 is 0 Å². The van der Waals surface area contributed by atoms with Gasteiger partial charge >= 0.3 is 12.2 Å². The summed E-state index contributed by atoms with van der Waals surface area (Å²) in [5, 5.41) is 3.03. The van der Waals surface area contributed by atoms with E-state index in [4.69, 9.17) is 19.2 Å². The molecule has 0 radical (unpaired) electrons. The molecule has 1 heterocycles. The third kappa shape index (κ3) is 8.18. The van der Waals surface area contributed by atoms with E-state index < -0.39 is 17.8 Å². The van der Waals surface area contributed by atoms with E-state index in [9.17, 15) is 9.59 Å². The zero-order chi connectivity index (χ0) is 31.1. The van der Waals surface area contributed by atoms with E-state index in [1.54, 1.807) is 26.8 Å². The molecule has 8 heteroatoms. The van der Waals surface area contributed by atoms with E-state index in [-0.39, 0.29) is 6.04 Å². The van der Waals surface area contributed by atoms with Gasteiger partial charge in [-0.15, -0.1) is 0 Å². The van der Waals surface area contributed by atoms with Crippen LogP contribution in [-0.2, 0) is 17.7 Å². The molecule has 0 bridgehead atoms. The van der Waals surface area contributed by atoms with Crippen molar-refractivity contribution in [2.75, 3.05) is 0 Å². The monoisotopic (exact) mass is 597 g/mol. The maximum absolute atomic E-state index is 12.6. The zero-order valence-electron chi connectivity index (χ0n) is 26.2. The van der Waals surface area contributed by atoms with Gasteiger partial charge < -0.3 is 24.1 Å². The molecule has 1 aliphatic rings. The fourth-order valence-corrected chi connectivity index (χ4v) is 5.60. The zero-order valence-corrected chi connectivity index (χ0v) is 26.2. The minimum Gasteiger partial charge on any atom is -0.428 e. The van der Waals surface area contributed by atoms with Crippen LogP contribution in [0.15, 0.2) is 66.7 Å². The first-order valence-corrected chi connectivity index (χ1v) is 15.7. The summed E-state index contributed by atoms with van der Waals surface area (Å²) >= 11 is 0. The number of ether oxygens (including phenoxy) is 3. The van der Waals surface area contributed by atoms with Crippen LogP contribution in [0, 0.1) is 0 Å². The van der Waals surface area contributed by atoms with E-state index in [0.717, 1.165) is 78.5 Å². The molecule has 8 nitrogen and oxygen atoms in total. The number of aryl methyl sites for hydroxylation is 1. The van der Waals surface area contributed by atoms with Gasteiger partial charge in [0.1, 0.15) is 22.9 Å². The lowest BCUT2D eigenvalue weighted by atomic mass is 9.96. The van der Waals surface area contributed by atoms with Crippen molar-refractivity contribution >= 4 is 23.3 Å². The number of aromatic nitrogens is 2. The van der Waals surface area contributed by atoms with Crippen molar-refractivity contribution in [2.24, 2.45) is 0 Å². The van der Waals surface area contributed by atoms with Crippen LogP contribution in [-0.4, -0.2) is 33.4 Å². The summed E-state index contributed by atoms with van der Waals surface area (Å²) in [6, 6.07) is 21.5. The lowest BCUT2D eigenvalue weighted by molar-refractivity contribution is 0.0207. The second kappa shape index (κ2) is 14.0. The minimum atomic E-state index is -0.733. The Bertz CT molecular complexity index is 1580. The van der Waals surface area contributed by atoms with Crippen molar-refractivity contribution in [3.05, 3.63) is 78.1 Å².